The molecule has 2 aromatic rings. The minimum atomic E-state index is -0.119. The third-order valence-corrected chi connectivity index (χ3v) is 7.04. The summed E-state index contributed by atoms with van der Waals surface area (Å²) in [7, 11) is 4.13. The Labute approximate surface area is 197 Å². The van der Waals surface area contributed by atoms with Crippen LogP contribution in [0.3, 0.4) is 0 Å². The van der Waals surface area contributed by atoms with E-state index in [-0.39, 0.29) is 6.03 Å². The van der Waals surface area contributed by atoms with Crippen molar-refractivity contribution in [3.8, 4) is 0 Å². The molecular formula is C26H38N6O. The van der Waals surface area contributed by atoms with E-state index < -0.39 is 0 Å². The number of rotatable bonds is 6. The molecule has 0 spiro atoms. The third-order valence-electron chi connectivity index (χ3n) is 7.04. The van der Waals surface area contributed by atoms with Crippen LogP contribution in [0.2, 0.25) is 0 Å². The maximum absolute atomic E-state index is 12.4. The Morgan fingerprint density at radius 1 is 1.03 bits per heavy atom. The van der Waals surface area contributed by atoms with Crippen LogP contribution in [0, 0.1) is 19.8 Å². The van der Waals surface area contributed by atoms with Crippen LogP contribution < -0.4 is 20.9 Å². The second-order valence-electron chi connectivity index (χ2n) is 9.86. The highest BCUT2D eigenvalue weighted by Gasteiger charge is 2.24. The van der Waals surface area contributed by atoms with Crippen molar-refractivity contribution >= 4 is 23.5 Å². The van der Waals surface area contributed by atoms with Gasteiger partial charge >= 0.3 is 6.03 Å². The molecule has 2 aliphatic carbocycles. The molecule has 1 saturated carbocycles. The van der Waals surface area contributed by atoms with E-state index in [1.165, 1.54) is 24.1 Å². The van der Waals surface area contributed by atoms with Crippen molar-refractivity contribution in [2.45, 2.75) is 71.3 Å². The van der Waals surface area contributed by atoms with Crippen LogP contribution in [0.25, 0.3) is 0 Å². The van der Waals surface area contributed by atoms with Crippen molar-refractivity contribution in [1.82, 2.24) is 15.3 Å². The SMILES string of the molecule is Cc1cccc(C)c1NC(=O)NC[C@H]1CC[C@@H](Nc2nc3c(c(N(C)C)n2)CCCC3)CC1. The molecule has 4 rings (SSSR count). The largest absolute Gasteiger partial charge is 0.362 e. The van der Waals surface area contributed by atoms with Gasteiger partial charge in [0.25, 0.3) is 0 Å². The third kappa shape index (κ3) is 5.75. The average molecular weight is 451 g/mol. The van der Waals surface area contributed by atoms with Gasteiger partial charge in [-0.15, -0.1) is 0 Å². The number of benzene rings is 1. The van der Waals surface area contributed by atoms with Crippen LogP contribution >= 0.6 is 0 Å². The van der Waals surface area contributed by atoms with E-state index in [1.807, 2.05) is 32.0 Å². The zero-order valence-corrected chi connectivity index (χ0v) is 20.5. The molecule has 7 heteroatoms. The molecule has 1 fully saturated rings. The van der Waals surface area contributed by atoms with E-state index in [0.29, 0.717) is 18.5 Å². The summed E-state index contributed by atoms with van der Waals surface area (Å²) in [6.07, 6.45) is 8.90. The van der Waals surface area contributed by atoms with Gasteiger partial charge in [0.1, 0.15) is 5.82 Å². The monoisotopic (exact) mass is 450 g/mol. The summed E-state index contributed by atoms with van der Waals surface area (Å²) >= 11 is 0. The van der Waals surface area contributed by atoms with Crippen LogP contribution in [-0.4, -0.2) is 42.7 Å². The molecule has 3 N–H and O–H groups in total. The van der Waals surface area contributed by atoms with Gasteiger partial charge in [0.05, 0.1) is 5.69 Å². The number of carbonyl (C=O) groups excluding carboxylic acids is 1. The summed E-state index contributed by atoms with van der Waals surface area (Å²) in [4.78, 5) is 24.2. The molecular weight excluding hydrogens is 412 g/mol. The van der Waals surface area contributed by atoms with Gasteiger partial charge in [-0.25, -0.2) is 9.78 Å². The molecule has 2 amide bonds. The summed E-state index contributed by atoms with van der Waals surface area (Å²) in [5.74, 6) is 2.34. The molecule has 1 aromatic carbocycles. The number of para-hydroxylation sites is 1. The fourth-order valence-corrected chi connectivity index (χ4v) is 5.11. The van der Waals surface area contributed by atoms with Crippen molar-refractivity contribution in [2.75, 3.05) is 36.2 Å². The number of amides is 2. The highest BCUT2D eigenvalue weighted by atomic mass is 16.2. The quantitative estimate of drug-likeness (QED) is 0.587. The highest BCUT2D eigenvalue weighted by Crippen LogP contribution is 2.30. The first-order valence-electron chi connectivity index (χ1n) is 12.4. The Balaban J connectivity index is 1.26. The first-order valence-corrected chi connectivity index (χ1v) is 12.4. The molecule has 33 heavy (non-hydrogen) atoms. The van der Waals surface area contributed by atoms with Gasteiger partial charge < -0.3 is 20.9 Å². The van der Waals surface area contributed by atoms with Crippen molar-refractivity contribution in [2.24, 2.45) is 5.92 Å². The van der Waals surface area contributed by atoms with Gasteiger partial charge in [-0.3, -0.25) is 0 Å². The highest BCUT2D eigenvalue weighted by molar-refractivity contribution is 5.90. The van der Waals surface area contributed by atoms with Crippen LogP contribution in [0.4, 0.5) is 22.2 Å². The van der Waals surface area contributed by atoms with E-state index >= 15 is 0 Å². The molecule has 0 radical (unpaired) electrons. The van der Waals surface area contributed by atoms with E-state index in [4.69, 9.17) is 9.97 Å². The Bertz CT molecular complexity index is 961. The van der Waals surface area contributed by atoms with Crippen LogP contribution in [0.1, 0.15) is 60.9 Å². The van der Waals surface area contributed by atoms with Gasteiger partial charge in [0.2, 0.25) is 5.95 Å². The number of nitrogens with one attached hydrogen (secondary N) is 3. The van der Waals surface area contributed by atoms with Gasteiger partial charge in [-0.1, -0.05) is 18.2 Å². The normalized spacial score (nSPS) is 20.0. The number of nitrogens with zero attached hydrogens (tertiary/aromatic N) is 3. The minimum absolute atomic E-state index is 0.119. The molecule has 178 valence electrons. The number of urea groups is 1. The number of anilines is 3. The second kappa shape index (κ2) is 10.4. The summed E-state index contributed by atoms with van der Waals surface area (Å²) < 4.78 is 0. The molecule has 0 bridgehead atoms. The van der Waals surface area contributed by atoms with Crippen molar-refractivity contribution in [3.63, 3.8) is 0 Å². The summed E-state index contributed by atoms with van der Waals surface area (Å²) in [6.45, 7) is 4.75. The first-order chi connectivity index (χ1) is 15.9. The number of hydrogen-bond acceptors (Lipinski definition) is 5. The van der Waals surface area contributed by atoms with E-state index in [1.54, 1.807) is 0 Å². The van der Waals surface area contributed by atoms with Crippen molar-refractivity contribution in [1.29, 1.82) is 0 Å². The number of aryl methyl sites for hydroxylation is 3. The molecule has 2 aliphatic rings. The lowest BCUT2D eigenvalue weighted by molar-refractivity contribution is 0.246. The number of fused-ring (bicyclic) bond motifs is 1. The molecule has 0 atom stereocenters. The minimum Gasteiger partial charge on any atom is -0.362 e. The smallest absolute Gasteiger partial charge is 0.319 e. The predicted molar refractivity (Wildman–Crippen MR) is 135 cm³/mol. The molecule has 7 nitrogen and oxygen atoms in total. The zero-order valence-electron chi connectivity index (χ0n) is 20.5. The molecule has 1 heterocycles. The zero-order chi connectivity index (χ0) is 23.4. The lowest BCUT2D eigenvalue weighted by atomic mass is 9.86. The Morgan fingerprint density at radius 3 is 2.42 bits per heavy atom. The topological polar surface area (TPSA) is 82.2 Å². The summed E-state index contributed by atoms with van der Waals surface area (Å²) in [5, 5.41) is 9.70. The lowest BCUT2D eigenvalue weighted by Gasteiger charge is -2.30. The van der Waals surface area contributed by atoms with Gasteiger partial charge in [0, 0.05) is 37.9 Å². The average Bonchev–Trinajstić information content (AvgIpc) is 2.80. The molecule has 0 saturated heterocycles. The number of aromatic nitrogens is 2. The van der Waals surface area contributed by atoms with Crippen LogP contribution in [-0.2, 0) is 12.8 Å². The van der Waals surface area contributed by atoms with E-state index in [2.05, 4.69) is 34.9 Å². The van der Waals surface area contributed by atoms with Crippen LogP contribution in [0.5, 0.6) is 0 Å². The first kappa shape index (κ1) is 23.3. The standard InChI is InChI=1S/C26H38N6O/c1-17-8-7-9-18(2)23(17)30-26(33)27-16-19-12-14-20(15-13-19)28-25-29-22-11-6-5-10-21(22)24(31-25)32(3)4/h7-9,19-20H,5-6,10-16H2,1-4H3,(H2,27,30,33)(H,28,29,31)/t19-,20+. The Morgan fingerprint density at radius 2 is 1.73 bits per heavy atom. The Kier molecular flexibility index (Phi) is 7.36. The van der Waals surface area contributed by atoms with Gasteiger partial charge in [-0.2, -0.15) is 4.98 Å². The predicted octanol–water partition coefficient (Wildman–Crippen LogP) is 4.83. The molecule has 0 unspecified atom stereocenters. The van der Waals surface area contributed by atoms with Gasteiger partial charge in [0.15, 0.2) is 0 Å². The summed E-state index contributed by atoms with van der Waals surface area (Å²) in [5.41, 5.74) is 5.61. The summed E-state index contributed by atoms with van der Waals surface area (Å²) in [6, 6.07) is 6.32. The maximum atomic E-state index is 12.4. The Hall–Kier alpha value is -2.83. The van der Waals surface area contributed by atoms with E-state index in [9.17, 15) is 4.79 Å². The maximum Gasteiger partial charge on any atom is 0.319 e. The van der Waals surface area contributed by atoms with E-state index in [0.717, 1.165) is 67.1 Å². The van der Waals surface area contributed by atoms with Crippen LogP contribution in [0.15, 0.2) is 18.2 Å². The van der Waals surface area contributed by atoms with Gasteiger partial charge in [-0.05, 0) is 82.3 Å². The number of carbonyl (C=O) groups is 1. The van der Waals surface area contributed by atoms with Crippen molar-refractivity contribution in [3.05, 3.63) is 40.6 Å². The lowest BCUT2D eigenvalue weighted by Crippen LogP contribution is -2.36. The molecule has 0 aliphatic heterocycles. The second-order valence-corrected chi connectivity index (χ2v) is 9.86. The number of hydrogen-bond donors (Lipinski definition) is 3. The molecule has 1 aromatic heterocycles. The van der Waals surface area contributed by atoms with Crippen molar-refractivity contribution < 1.29 is 4.79 Å². The fraction of sp³-hybridized carbons (Fsp3) is 0.577. The fourth-order valence-electron chi connectivity index (χ4n) is 5.11.